The molecule has 2 fully saturated rings. The average Bonchev–Trinajstić information content (AvgIpc) is 3.51. The van der Waals surface area contributed by atoms with Gasteiger partial charge < -0.3 is 20.3 Å². The van der Waals surface area contributed by atoms with E-state index < -0.39 is 29.5 Å². The Morgan fingerprint density at radius 1 is 1.29 bits per heavy atom. The molecule has 2 aromatic rings. The Bertz CT molecular complexity index is 1070. The van der Waals surface area contributed by atoms with Crippen LogP contribution in [0.3, 0.4) is 0 Å². The SMILES string of the molecule is CC1CC12C(COCC(O)CO)CC2Sc1cc(C(=O)Nc2cc(F)c(F)c(F)c2)ccc1Cl. The Labute approximate surface area is 204 Å². The van der Waals surface area contributed by atoms with E-state index in [1.165, 1.54) is 6.07 Å². The maximum Gasteiger partial charge on any atom is 0.255 e. The fourth-order valence-electron chi connectivity index (χ4n) is 4.79. The molecule has 4 rings (SSSR count). The molecule has 184 valence electrons. The second-order valence-electron chi connectivity index (χ2n) is 8.98. The molecule has 0 aromatic heterocycles. The van der Waals surface area contributed by atoms with Crippen LogP contribution < -0.4 is 5.32 Å². The van der Waals surface area contributed by atoms with Crippen LogP contribution in [0.5, 0.6) is 0 Å². The molecular weight excluding hydrogens is 491 g/mol. The fourth-order valence-corrected chi connectivity index (χ4v) is 6.79. The van der Waals surface area contributed by atoms with Crippen molar-refractivity contribution in [3.05, 3.63) is 58.4 Å². The number of aliphatic hydroxyl groups excluding tert-OH is 2. The highest BCUT2D eigenvalue weighted by Gasteiger charge is 2.67. The van der Waals surface area contributed by atoms with E-state index in [2.05, 4.69) is 12.2 Å². The van der Waals surface area contributed by atoms with Gasteiger partial charge in [-0.15, -0.1) is 11.8 Å². The van der Waals surface area contributed by atoms with Gasteiger partial charge in [-0.3, -0.25) is 4.79 Å². The first kappa shape index (κ1) is 25.3. The van der Waals surface area contributed by atoms with Gasteiger partial charge in [0.1, 0.15) is 6.10 Å². The van der Waals surface area contributed by atoms with Gasteiger partial charge in [-0.25, -0.2) is 13.2 Å². The zero-order valence-electron chi connectivity index (χ0n) is 18.4. The summed E-state index contributed by atoms with van der Waals surface area (Å²) < 4.78 is 45.7. The van der Waals surface area contributed by atoms with E-state index in [0.29, 0.717) is 23.5 Å². The number of thioether (sulfide) groups is 1. The third kappa shape index (κ3) is 4.95. The Kier molecular flexibility index (Phi) is 7.50. The molecule has 0 bridgehead atoms. The summed E-state index contributed by atoms with van der Waals surface area (Å²) in [6.07, 6.45) is 1.07. The first-order valence-corrected chi connectivity index (χ1v) is 12.2. The highest BCUT2D eigenvalue weighted by molar-refractivity contribution is 8.00. The zero-order valence-corrected chi connectivity index (χ0v) is 19.9. The van der Waals surface area contributed by atoms with Crippen LogP contribution in [0, 0.1) is 34.7 Å². The van der Waals surface area contributed by atoms with E-state index in [1.54, 1.807) is 23.9 Å². The quantitative estimate of drug-likeness (QED) is 0.415. The van der Waals surface area contributed by atoms with Crippen LogP contribution >= 0.6 is 23.4 Å². The lowest BCUT2D eigenvalue weighted by molar-refractivity contribution is -0.0332. The normalized spacial score (nSPS) is 26.3. The standard InChI is InChI=1S/C24H25ClF3NO4S/c1-12-8-24(12)14(10-33-11-16(31)9-30)5-21(24)34-20-4-13(2-3-17(20)25)23(32)29-15-6-18(26)22(28)19(27)7-15/h2-4,6-7,12,14,16,21,30-31H,5,8-11H2,1H3,(H,29,32). The molecule has 5 atom stereocenters. The van der Waals surface area contributed by atoms with Gasteiger partial charge in [-0.05, 0) is 48.3 Å². The van der Waals surface area contributed by atoms with Crippen molar-refractivity contribution in [3.8, 4) is 0 Å². The van der Waals surface area contributed by atoms with Gasteiger partial charge in [0.05, 0.1) is 24.8 Å². The molecule has 2 aromatic carbocycles. The van der Waals surface area contributed by atoms with Gasteiger partial charge in [-0.2, -0.15) is 0 Å². The molecule has 2 saturated carbocycles. The molecule has 5 nitrogen and oxygen atoms in total. The fraction of sp³-hybridized carbons (Fsp3) is 0.458. The van der Waals surface area contributed by atoms with Crippen molar-refractivity contribution >= 4 is 35.0 Å². The largest absolute Gasteiger partial charge is 0.394 e. The molecule has 3 N–H and O–H groups in total. The van der Waals surface area contributed by atoms with E-state index in [9.17, 15) is 23.1 Å². The minimum atomic E-state index is -1.60. The predicted molar refractivity (Wildman–Crippen MR) is 124 cm³/mol. The van der Waals surface area contributed by atoms with Gasteiger partial charge in [-0.1, -0.05) is 18.5 Å². The summed E-state index contributed by atoms with van der Waals surface area (Å²) in [4.78, 5) is 13.4. The van der Waals surface area contributed by atoms with Crippen molar-refractivity contribution < 1.29 is 32.9 Å². The lowest BCUT2D eigenvalue weighted by Gasteiger charge is -2.46. The molecule has 34 heavy (non-hydrogen) atoms. The average molecular weight is 516 g/mol. The Morgan fingerprint density at radius 2 is 1.97 bits per heavy atom. The molecule has 0 heterocycles. The molecule has 0 radical (unpaired) electrons. The topological polar surface area (TPSA) is 78.8 Å². The van der Waals surface area contributed by atoms with Crippen LogP contribution in [-0.4, -0.2) is 47.3 Å². The number of ether oxygens (including phenoxy) is 1. The Hall–Kier alpha value is -1.78. The monoisotopic (exact) mass is 515 g/mol. The van der Waals surface area contributed by atoms with Gasteiger partial charge in [0.25, 0.3) is 5.91 Å². The number of hydrogen-bond acceptors (Lipinski definition) is 5. The first-order chi connectivity index (χ1) is 16.1. The van der Waals surface area contributed by atoms with Gasteiger partial charge in [0, 0.05) is 33.5 Å². The maximum atomic E-state index is 13.5. The number of aliphatic hydroxyl groups is 2. The second-order valence-corrected chi connectivity index (χ2v) is 10.6. The molecule has 5 unspecified atom stereocenters. The van der Waals surface area contributed by atoms with Crippen molar-refractivity contribution in [1.82, 2.24) is 0 Å². The van der Waals surface area contributed by atoms with Crippen LogP contribution in [0.2, 0.25) is 5.02 Å². The third-order valence-electron chi connectivity index (χ3n) is 6.82. The molecule has 1 amide bonds. The lowest BCUT2D eigenvalue weighted by Crippen LogP contribution is -2.45. The molecule has 0 saturated heterocycles. The number of rotatable bonds is 9. The Balaban J connectivity index is 1.41. The van der Waals surface area contributed by atoms with Crippen molar-refractivity contribution in [3.63, 3.8) is 0 Å². The van der Waals surface area contributed by atoms with Crippen LogP contribution in [0.1, 0.15) is 30.1 Å². The van der Waals surface area contributed by atoms with Crippen LogP contribution in [0.4, 0.5) is 18.9 Å². The number of benzene rings is 2. The molecule has 2 aliphatic carbocycles. The number of nitrogens with one attached hydrogen (secondary N) is 1. The van der Waals surface area contributed by atoms with E-state index >= 15 is 0 Å². The lowest BCUT2D eigenvalue weighted by atomic mass is 9.68. The summed E-state index contributed by atoms with van der Waals surface area (Å²) in [6.45, 7) is 2.46. The number of carbonyl (C=O) groups excluding carboxylic acids is 1. The molecule has 0 aliphatic heterocycles. The number of hydrogen-bond donors (Lipinski definition) is 3. The van der Waals surface area contributed by atoms with Crippen molar-refractivity contribution in [2.45, 2.75) is 36.0 Å². The number of anilines is 1. The minimum Gasteiger partial charge on any atom is -0.394 e. The van der Waals surface area contributed by atoms with E-state index in [0.717, 1.165) is 29.9 Å². The molecule has 2 aliphatic rings. The summed E-state index contributed by atoms with van der Waals surface area (Å²) in [5.41, 5.74) is 0.177. The smallest absolute Gasteiger partial charge is 0.255 e. The number of halogens is 4. The van der Waals surface area contributed by atoms with Gasteiger partial charge >= 0.3 is 0 Å². The number of amides is 1. The van der Waals surface area contributed by atoms with Crippen molar-refractivity contribution in [1.29, 1.82) is 0 Å². The van der Waals surface area contributed by atoms with E-state index in [-0.39, 0.29) is 35.1 Å². The van der Waals surface area contributed by atoms with E-state index in [4.69, 9.17) is 21.4 Å². The Morgan fingerprint density at radius 3 is 2.59 bits per heavy atom. The summed E-state index contributed by atoms with van der Waals surface area (Å²) in [6, 6.07) is 6.19. The van der Waals surface area contributed by atoms with Crippen molar-refractivity contribution in [2.75, 3.05) is 25.1 Å². The zero-order chi connectivity index (χ0) is 24.6. The third-order valence-corrected chi connectivity index (χ3v) is 8.77. The molecule has 10 heteroatoms. The first-order valence-electron chi connectivity index (χ1n) is 10.9. The molecular formula is C24H25ClF3NO4S. The van der Waals surface area contributed by atoms with Gasteiger partial charge in [0.2, 0.25) is 0 Å². The minimum absolute atomic E-state index is 0.0973. The van der Waals surface area contributed by atoms with Crippen LogP contribution in [0.25, 0.3) is 0 Å². The predicted octanol–water partition coefficient (Wildman–Crippen LogP) is 4.89. The second kappa shape index (κ2) is 10.1. The van der Waals surface area contributed by atoms with Crippen LogP contribution in [0.15, 0.2) is 35.2 Å². The highest BCUT2D eigenvalue weighted by Crippen LogP contribution is 2.72. The van der Waals surface area contributed by atoms with Crippen LogP contribution in [-0.2, 0) is 4.74 Å². The summed E-state index contributed by atoms with van der Waals surface area (Å²) in [7, 11) is 0. The highest BCUT2D eigenvalue weighted by atomic mass is 35.5. The summed E-state index contributed by atoms with van der Waals surface area (Å²) in [5, 5.41) is 21.5. The number of carbonyl (C=O) groups is 1. The summed E-state index contributed by atoms with van der Waals surface area (Å²) >= 11 is 7.99. The molecule has 1 spiro atoms. The summed E-state index contributed by atoms with van der Waals surface area (Å²) in [5.74, 6) is -4.11. The van der Waals surface area contributed by atoms with E-state index in [1.807, 2.05) is 0 Å². The van der Waals surface area contributed by atoms with Crippen molar-refractivity contribution in [2.24, 2.45) is 17.3 Å². The van der Waals surface area contributed by atoms with Gasteiger partial charge in [0.15, 0.2) is 17.5 Å². The maximum absolute atomic E-state index is 13.5.